The number of aromatic nitrogens is 2. The van der Waals surface area contributed by atoms with Crippen molar-refractivity contribution in [2.45, 2.75) is 25.8 Å². The van der Waals surface area contributed by atoms with Crippen molar-refractivity contribution in [1.29, 1.82) is 0 Å². The first-order valence-electron chi connectivity index (χ1n) is 10.8. The zero-order chi connectivity index (χ0) is 22.7. The number of urea groups is 1. The third-order valence-electron chi connectivity index (χ3n) is 5.98. The summed E-state index contributed by atoms with van der Waals surface area (Å²) in [5, 5.41) is 3.53. The highest BCUT2D eigenvalue weighted by molar-refractivity contribution is 5.77. The highest BCUT2D eigenvalue weighted by atomic mass is 19.1. The number of carbonyl (C=O) groups excluding carboxylic acids is 1. The van der Waals surface area contributed by atoms with Crippen LogP contribution in [-0.2, 0) is 12.0 Å². The van der Waals surface area contributed by atoms with Gasteiger partial charge in [-0.25, -0.2) is 14.2 Å². The van der Waals surface area contributed by atoms with Gasteiger partial charge in [0.15, 0.2) is 0 Å². The summed E-state index contributed by atoms with van der Waals surface area (Å²) in [4.78, 5) is 36.3. The Morgan fingerprint density at radius 3 is 2.53 bits per heavy atom. The highest BCUT2D eigenvalue weighted by Crippen LogP contribution is 2.25. The number of amides is 2. The number of para-hydroxylation sites is 1. The molecule has 1 aliphatic heterocycles. The van der Waals surface area contributed by atoms with E-state index in [-0.39, 0.29) is 17.4 Å². The molecule has 2 heterocycles. The van der Waals surface area contributed by atoms with Gasteiger partial charge >= 0.3 is 6.03 Å². The lowest BCUT2D eigenvalue weighted by molar-refractivity contribution is 0.132. The van der Waals surface area contributed by atoms with Crippen LogP contribution in [0.4, 0.5) is 9.18 Å². The highest BCUT2D eigenvalue weighted by Gasteiger charge is 2.27. The lowest BCUT2D eigenvalue weighted by atomic mass is 9.84. The van der Waals surface area contributed by atoms with Gasteiger partial charge < -0.3 is 15.2 Å². The molecule has 0 saturated carbocycles. The molecule has 1 saturated heterocycles. The number of aromatic amines is 1. The molecule has 1 aromatic heterocycles. The monoisotopic (exact) mass is 437 g/mol. The molecule has 1 aliphatic rings. The van der Waals surface area contributed by atoms with Crippen LogP contribution in [0.3, 0.4) is 0 Å². The van der Waals surface area contributed by atoms with E-state index in [1.165, 1.54) is 6.07 Å². The lowest BCUT2D eigenvalue weighted by Gasteiger charge is -2.35. The maximum atomic E-state index is 14.1. The zero-order valence-corrected chi connectivity index (χ0v) is 18.4. The molecule has 4 rings (SSSR count). The van der Waals surface area contributed by atoms with Gasteiger partial charge in [-0.3, -0.25) is 9.69 Å². The van der Waals surface area contributed by atoms with Crippen molar-refractivity contribution < 1.29 is 9.18 Å². The number of nitrogens with one attached hydrogen (secondary N) is 2. The minimum atomic E-state index is -0.517. The molecule has 8 heteroatoms. The predicted molar refractivity (Wildman–Crippen MR) is 122 cm³/mol. The average Bonchev–Trinajstić information content (AvgIpc) is 2.78. The molecule has 168 valence electrons. The van der Waals surface area contributed by atoms with Crippen LogP contribution >= 0.6 is 0 Å². The number of carbonyl (C=O) groups is 1. The van der Waals surface area contributed by atoms with Gasteiger partial charge in [0.1, 0.15) is 11.6 Å². The SMILES string of the molecule is CC(C)(CNC(=O)N1CCN(Cc2nc3ccccc3c(=O)[nH]2)CC1)c1ccccc1F. The van der Waals surface area contributed by atoms with Crippen LogP contribution in [0.2, 0.25) is 0 Å². The molecule has 1 fully saturated rings. The standard InChI is InChI=1S/C24H28FN5O2/c1-24(2,18-8-4-5-9-19(18)25)16-26-23(32)30-13-11-29(12-14-30)15-21-27-20-10-6-3-7-17(20)22(31)28-21/h3-10H,11-16H2,1-2H3,(H,26,32)(H,27,28,31). The van der Waals surface area contributed by atoms with Crippen LogP contribution in [-0.4, -0.2) is 58.5 Å². The number of rotatable bonds is 5. The molecular weight excluding hydrogens is 409 g/mol. The summed E-state index contributed by atoms with van der Waals surface area (Å²) < 4.78 is 14.1. The van der Waals surface area contributed by atoms with Crippen LogP contribution < -0.4 is 10.9 Å². The third-order valence-corrected chi connectivity index (χ3v) is 5.98. The number of hydrogen-bond acceptors (Lipinski definition) is 4. The molecule has 0 bridgehead atoms. The second-order valence-corrected chi connectivity index (χ2v) is 8.82. The van der Waals surface area contributed by atoms with Gasteiger partial charge in [-0.05, 0) is 23.8 Å². The first-order chi connectivity index (χ1) is 15.3. The predicted octanol–water partition coefficient (Wildman–Crippen LogP) is 2.87. The van der Waals surface area contributed by atoms with E-state index in [0.29, 0.717) is 61.6 Å². The van der Waals surface area contributed by atoms with Gasteiger partial charge in [0.05, 0.1) is 17.4 Å². The summed E-state index contributed by atoms with van der Waals surface area (Å²) in [5.74, 6) is 0.360. The Morgan fingerprint density at radius 1 is 1.09 bits per heavy atom. The van der Waals surface area contributed by atoms with Crippen molar-refractivity contribution in [3.8, 4) is 0 Å². The molecule has 0 spiro atoms. The lowest BCUT2D eigenvalue weighted by Crippen LogP contribution is -2.53. The molecule has 7 nitrogen and oxygen atoms in total. The fourth-order valence-electron chi connectivity index (χ4n) is 4.04. The van der Waals surface area contributed by atoms with Gasteiger partial charge in [-0.1, -0.05) is 44.2 Å². The molecule has 2 N–H and O–H groups in total. The molecule has 0 aliphatic carbocycles. The topological polar surface area (TPSA) is 81.3 Å². The Labute approximate surface area is 186 Å². The normalized spacial score (nSPS) is 15.2. The fraction of sp³-hybridized carbons (Fsp3) is 0.375. The molecule has 0 atom stereocenters. The van der Waals surface area contributed by atoms with Crippen LogP contribution in [0, 0.1) is 5.82 Å². The van der Waals surface area contributed by atoms with E-state index in [0.717, 1.165) is 0 Å². The van der Waals surface area contributed by atoms with E-state index >= 15 is 0 Å². The van der Waals surface area contributed by atoms with Crippen molar-refractivity contribution in [2.24, 2.45) is 0 Å². The van der Waals surface area contributed by atoms with Crippen molar-refractivity contribution in [3.05, 3.63) is 76.1 Å². The van der Waals surface area contributed by atoms with Crippen LogP contribution in [0.1, 0.15) is 25.2 Å². The van der Waals surface area contributed by atoms with Gasteiger partial charge in [-0.15, -0.1) is 0 Å². The largest absolute Gasteiger partial charge is 0.337 e. The summed E-state index contributed by atoms with van der Waals surface area (Å²) in [5.41, 5.74) is 0.612. The van der Waals surface area contributed by atoms with Gasteiger partial charge in [0.2, 0.25) is 0 Å². The van der Waals surface area contributed by atoms with Crippen molar-refractivity contribution in [3.63, 3.8) is 0 Å². The smallest absolute Gasteiger partial charge is 0.317 e. The van der Waals surface area contributed by atoms with E-state index in [9.17, 15) is 14.0 Å². The second-order valence-electron chi connectivity index (χ2n) is 8.82. The number of benzene rings is 2. The van der Waals surface area contributed by atoms with Crippen molar-refractivity contribution >= 4 is 16.9 Å². The molecule has 0 unspecified atom stereocenters. The molecule has 3 aromatic rings. The summed E-state index contributed by atoms with van der Waals surface area (Å²) >= 11 is 0. The minimum absolute atomic E-state index is 0.138. The quantitative estimate of drug-likeness (QED) is 0.643. The minimum Gasteiger partial charge on any atom is -0.337 e. The maximum absolute atomic E-state index is 14.1. The molecule has 2 aromatic carbocycles. The Kier molecular flexibility index (Phi) is 6.23. The van der Waals surface area contributed by atoms with E-state index < -0.39 is 5.41 Å². The average molecular weight is 438 g/mol. The number of halogens is 1. The van der Waals surface area contributed by atoms with E-state index in [1.807, 2.05) is 32.0 Å². The first-order valence-corrected chi connectivity index (χ1v) is 10.8. The number of piperazine rings is 1. The summed E-state index contributed by atoms with van der Waals surface area (Å²) in [6.45, 7) is 7.21. The Bertz CT molecular complexity index is 1170. The summed E-state index contributed by atoms with van der Waals surface area (Å²) in [6, 6.07) is 13.8. The van der Waals surface area contributed by atoms with Crippen LogP contribution in [0.15, 0.2) is 53.3 Å². The van der Waals surface area contributed by atoms with Gasteiger partial charge in [0.25, 0.3) is 5.56 Å². The molecule has 2 amide bonds. The Morgan fingerprint density at radius 2 is 1.78 bits per heavy atom. The fourth-order valence-corrected chi connectivity index (χ4v) is 4.04. The third kappa shape index (κ3) is 4.80. The number of fused-ring (bicyclic) bond motifs is 1. The van der Waals surface area contributed by atoms with Crippen molar-refractivity contribution in [1.82, 2.24) is 25.1 Å². The van der Waals surface area contributed by atoms with Crippen LogP contribution in [0.5, 0.6) is 0 Å². The zero-order valence-electron chi connectivity index (χ0n) is 18.4. The van der Waals surface area contributed by atoms with Crippen molar-refractivity contribution in [2.75, 3.05) is 32.7 Å². The number of hydrogen-bond donors (Lipinski definition) is 2. The molecule has 0 radical (unpaired) electrons. The number of H-pyrrole nitrogens is 1. The summed E-state index contributed by atoms with van der Waals surface area (Å²) in [6.07, 6.45) is 0. The first kappa shape index (κ1) is 22.0. The maximum Gasteiger partial charge on any atom is 0.317 e. The van der Waals surface area contributed by atoms with Gasteiger partial charge in [0, 0.05) is 38.1 Å². The second kappa shape index (κ2) is 9.08. The Balaban J connectivity index is 1.30. The van der Waals surface area contributed by atoms with E-state index in [4.69, 9.17) is 0 Å². The molecular formula is C24H28FN5O2. The van der Waals surface area contributed by atoms with E-state index in [1.54, 1.807) is 29.2 Å². The van der Waals surface area contributed by atoms with Gasteiger partial charge in [-0.2, -0.15) is 0 Å². The summed E-state index contributed by atoms with van der Waals surface area (Å²) in [7, 11) is 0. The molecule has 32 heavy (non-hydrogen) atoms. The van der Waals surface area contributed by atoms with E-state index in [2.05, 4.69) is 20.2 Å². The van der Waals surface area contributed by atoms with Crippen LogP contribution in [0.25, 0.3) is 10.9 Å². The Hall–Kier alpha value is -3.26. The number of nitrogens with zero attached hydrogens (tertiary/aromatic N) is 3.